The van der Waals surface area contributed by atoms with Gasteiger partial charge in [-0.1, -0.05) is 70.0 Å². The summed E-state index contributed by atoms with van der Waals surface area (Å²) >= 11 is 0. The van der Waals surface area contributed by atoms with Gasteiger partial charge in [0.05, 0.1) is 0 Å². The monoisotopic (exact) mass is 298 g/mol. The maximum absolute atomic E-state index is 10.3. The number of rotatable bonds is 7. The van der Waals surface area contributed by atoms with Crippen LogP contribution in [-0.2, 0) is 12.8 Å². The summed E-state index contributed by atoms with van der Waals surface area (Å²) in [5.74, 6) is 1.09. The molecule has 2 rings (SSSR count). The maximum Gasteiger partial charge on any atom is 0.118 e. The zero-order valence-electron chi connectivity index (χ0n) is 14.3. The molecule has 0 fully saturated rings. The normalized spacial score (nSPS) is 20.7. The number of unbranched alkanes of at least 4 members (excludes halogenated alkanes) is 1. The first-order valence-corrected chi connectivity index (χ1v) is 8.70. The van der Waals surface area contributed by atoms with Gasteiger partial charge in [-0.05, 0) is 54.2 Å². The van der Waals surface area contributed by atoms with Crippen molar-refractivity contribution in [3.63, 3.8) is 0 Å². The lowest BCUT2D eigenvalue weighted by atomic mass is 9.72. The highest BCUT2D eigenvalue weighted by Gasteiger charge is 2.28. The summed E-state index contributed by atoms with van der Waals surface area (Å²) in [5.41, 5.74) is 2.62. The molecule has 0 aliphatic heterocycles. The number of hydrogen-bond donors (Lipinski definition) is 1. The molecule has 120 valence electrons. The second kappa shape index (κ2) is 7.67. The van der Waals surface area contributed by atoms with Crippen LogP contribution in [0.15, 0.2) is 42.5 Å². The van der Waals surface area contributed by atoms with Crippen LogP contribution >= 0.6 is 0 Å². The second-order valence-electron chi connectivity index (χ2n) is 7.20. The van der Waals surface area contributed by atoms with E-state index >= 15 is 0 Å². The van der Waals surface area contributed by atoms with Crippen molar-refractivity contribution in [3.05, 3.63) is 53.6 Å². The molecule has 1 unspecified atom stereocenters. The van der Waals surface area contributed by atoms with Crippen LogP contribution in [0.1, 0.15) is 57.6 Å². The van der Waals surface area contributed by atoms with Crippen LogP contribution < -0.4 is 0 Å². The molecule has 1 aliphatic rings. The third kappa shape index (κ3) is 4.50. The van der Waals surface area contributed by atoms with Crippen molar-refractivity contribution < 1.29 is 5.11 Å². The minimum Gasteiger partial charge on any atom is -0.508 e. The summed E-state index contributed by atoms with van der Waals surface area (Å²) in [7, 11) is 0. The molecular formula is C21H30O. The van der Waals surface area contributed by atoms with Crippen LogP contribution in [0.4, 0.5) is 0 Å². The first-order valence-electron chi connectivity index (χ1n) is 8.70. The van der Waals surface area contributed by atoms with Gasteiger partial charge in [-0.3, -0.25) is 0 Å². The predicted octanol–water partition coefficient (Wildman–Crippen LogP) is 5.83. The minimum atomic E-state index is 0.179. The molecule has 0 radical (unpaired) electrons. The van der Waals surface area contributed by atoms with Crippen LogP contribution in [0.25, 0.3) is 0 Å². The Labute approximate surface area is 135 Å². The van der Waals surface area contributed by atoms with E-state index in [-0.39, 0.29) is 5.41 Å². The fourth-order valence-electron chi connectivity index (χ4n) is 3.40. The summed E-state index contributed by atoms with van der Waals surface area (Å²) in [6, 6.07) is 6.16. The molecule has 1 atom stereocenters. The molecule has 0 saturated carbocycles. The third-order valence-corrected chi connectivity index (χ3v) is 4.58. The molecule has 0 saturated heterocycles. The van der Waals surface area contributed by atoms with Gasteiger partial charge in [0.1, 0.15) is 5.75 Å². The van der Waals surface area contributed by atoms with Crippen molar-refractivity contribution in [2.24, 2.45) is 11.3 Å². The van der Waals surface area contributed by atoms with Gasteiger partial charge in [-0.25, -0.2) is 0 Å². The number of hydrogen-bond acceptors (Lipinski definition) is 1. The lowest BCUT2D eigenvalue weighted by Crippen LogP contribution is -2.22. The van der Waals surface area contributed by atoms with Crippen molar-refractivity contribution in [1.29, 1.82) is 0 Å². The number of aromatic hydroxyl groups is 1. The highest BCUT2D eigenvalue weighted by atomic mass is 16.3. The Hall–Kier alpha value is -1.50. The Morgan fingerprint density at radius 3 is 2.68 bits per heavy atom. The summed E-state index contributed by atoms with van der Waals surface area (Å²) in [6.45, 7) is 6.73. The molecule has 1 heteroatoms. The topological polar surface area (TPSA) is 20.2 Å². The fourth-order valence-corrected chi connectivity index (χ4v) is 3.40. The molecule has 0 spiro atoms. The first kappa shape index (κ1) is 16.9. The van der Waals surface area contributed by atoms with E-state index in [0.717, 1.165) is 24.8 Å². The van der Waals surface area contributed by atoms with Crippen LogP contribution in [0.3, 0.4) is 0 Å². The van der Waals surface area contributed by atoms with E-state index in [4.69, 9.17) is 0 Å². The highest BCUT2D eigenvalue weighted by Crippen LogP contribution is 2.39. The average molecular weight is 298 g/mol. The van der Waals surface area contributed by atoms with Crippen molar-refractivity contribution in [1.82, 2.24) is 0 Å². The number of phenolic OH excluding ortho intramolecular Hbond substituents is 1. The van der Waals surface area contributed by atoms with Gasteiger partial charge in [0.15, 0.2) is 0 Å². The molecule has 1 nitrogen and oxygen atoms in total. The Balaban J connectivity index is 2.22. The first-order chi connectivity index (χ1) is 10.5. The Bertz CT molecular complexity index is 539. The van der Waals surface area contributed by atoms with Crippen molar-refractivity contribution in [2.45, 2.75) is 59.3 Å². The molecule has 0 aromatic heterocycles. The van der Waals surface area contributed by atoms with Gasteiger partial charge in [0, 0.05) is 0 Å². The average Bonchev–Trinajstić information content (AvgIpc) is 2.49. The number of phenols is 1. The maximum atomic E-state index is 10.3. The van der Waals surface area contributed by atoms with Crippen LogP contribution in [0, 0.1) is 11.3 Å². The van der Waals surface area contributed by atoms with Crippen LogP contribution in [0.2, 0.25) is 0 Å². The molecule has 0 bridgehead atoms. The Kier molecular flexibility index (Phi) is 5.88. The number of benzene rings is 1. The van der Waals surface area contributed by atoms with Gasteiger partial charge >= 0.3 is 0 Å². The lowest BCUT2D eigenvalue weighted by molar-refractivity contribution is 0.331. The largest absolute Gasteiger partial charge is 0.508 e. The molecular weight excluding hydrogens is 268 g/mol. The van der Waals surface area contributed by atoms with E-state index < -0.39 is 0 Å². The quantitative estimate of drug-likeness (QED) is 0.672. The molecule has 0 heterocycles. The van der Waals surface area contributed by atoms with E-state index in [2.05, 4.69) is 57.2 Å². The van der Waals surface area contributed by atoms with Gasteiger partial charge in [-0.15, -0.1) is 0 Å². The number of allylic oxidation sites excluding steroid dienone is 4. The van der Waals surface area contributed by atoms with Crippen molar-refractivity contribution in [2.75, 3.05) is 0 Å². The van der Waals surface area contributed by atoms with E-state index in [1.54, 1.807) is 0 Å². The van der Waals surface area contributed by atoms with Gasteiger partial charge < -0.3 is 5.11 Å². The smallest absolute Gasteiger partial charge is 0.118 e. The Morgan fingerprint density at radius 1 is 1.23 bits per heavy atom. The van der Waals surface area contributed by atoms with Gasteiger partial charge in [0.25, 0.3) is 0 Å². The second-order valence-corrected chi connectivity index (χ2v) is 7.20. The molecule has 1 aromatic rings. The van der Waals surface area contributed by atoms with Crippen molar-refractivity contribution >= 4 is 0 Å². The van der Waals surface area contributed by atoms with Crippen LogP contribution in [0.5, 0.6) is 5.75 Å². The van der Waals surface area contributed by atoms with Gasteiger partial charge in [-0.2, -0.15) is 0 Å². The molecule has 1 aliphatic carbocycles. The molecule has 0 amide bonds. The fraction of sp³-hybridized carbons (Fsp3) is 0.524. The van der Waals surface area contributed by atoms with E-state index in [0.29, 0.717) is 11.7 Å². The minimum absolute atomic E-state index is 0.179. The molecule has 22 heavy (non-hydrogen) atoms. The summed E-state index contributed by atoms with van der Waals surface area (Å²) in [6.07, 6.45) is 15.7. The third-order valence-electron chi connectivity index (χ3n) is 4.58. The lowest BCUT2D eigenvalue weighted by Gasteiger charge is -2.32. The van der Waals surface area contributed by atoms with E-state index in [1.165, 1.54) is 24.8 Å². The highest BCUT2D eigenvalue weighted by molar-refractivity contribution is 5.38. The molecule has 1 N–H and O–H groups in total. The standard InChI is InChI=1S/C21H30O/c1-4-5-11-21(12-7-6-8-13-21)16-19-15-18(14-17(2)3)9-10-20(19)22/h6-10,12,15,17,22H,4-5,11,13-14,16H2,1-3H3. The van der Waals surface area contributed by atoms with E-state index in [1.807, 2.05) is 6.07 Å². The van der Waals surface area contributed by atoms with Crippen LogP contribution in [-0.4, -0.2) is 5.11 Å². The summed E-state index contributed by atoms with van der Waals surface area (Å²) in [5, 5.41) is 10.3. The SMILES string of the molecule is CCCCC1(Cc2cc(CC(C)C)ccc2O)C=CC=CC1. The Morgan fingerprint density at radius 2 is 2.05 bits per heavy atom. The zero-order chi connectivity index (χ0) is 16.0. The summed E-state index contributed by atoms with van der Waals surface area (Å²) < 4.78 is 0. The van der Waals surface area contributed by atoms with Crippen molar-refractivity contribution in [3.8, 4) is 5.75 Å². The predicted molar refractivity (Wildman–Crippen MR) is 95.2 cm³/mol. The summed E-state index contributed by atoms with van der Waals surface area (Å²) in [4.78, 5) is 0. The van der Waals surface area contributed by atoms with Gasteiger partial charge in [0.2, 0.25) is 0 Å². The van der Waals surface area contributed by atoms with E-state index in [9.17, 15) is 5.11 Å². The zero-order valence-corrected chi connectivity index (χ0v) is 14.3. The molecule has 1 aromatic carbocycles.